The van der Waals surface area contributed by atoms with Gasteiger partial charge in [-0.1, -0.05) is 28.9 Å². The SMILES string of the molecule is CCCNC(Cc1ccc(C)cn1)c1cc(Br)ccc1I. The average molecular weight is 459 g/mol. The number of aromatic nitrogens is 1. The fraction of sp³-hybridized carbons (Fsp3) is 0.353. The van der Waals surface area contributed by atoms with Crippen LogP contribution < -0.4 is 5.32 Å². The van der Waals surface area contributed by atoms with Crippen molar-refractivity contribution in [1.29, 1.82) is 0 Å². The summed E-state index contributed by atoms with van der Waals surface area (Å²) in [6, 6.07) is 11.0. The first kappa shape index (κ1) is 16.9. The van der Waals surface area contributed by atoms with Crippen LogP contribution in [-0.2, 0) is 6.42 Å². The van der Waals surface area contributed by atoms with Gasteiger partial charge in [0.1, 0.15) is 0 Å². The van der Waals surface area contributed by atoms with E-state index < -0.39 is 0 Å². The number of aryl methyl sites for hydroxylation is 1. The van der Waals surface area contributed by atoms with Crippen molar-refractivity contribution < 1.29 is 0 Å². The Hall–Kier alpha value is -0.460. The predicted molar refractivity (Wildman–Crippen MR) is 101 cm³/mol. The summed E-state index contributed by atoms with van der Waals surface area (Å²) in [6.07, 6.45) is 3.98. The number of hydrogen-bond donors (Lipinski definition) is 1. The molecule has 0 amide bonds. The highest BCUT2D eigenvalue weighted by molar-refractivity contribution is 14.1. The Bertz CT molecular complexity index is 584. The molecule has 0 aliphatic rings. The lowest BCUT2D eigenvalue weighted by atomic mass is 10.0. The highest BCUT2D eigenvalue weighted by Crippen LogP contribution is 2.26. The third-order valence-electron chi connectivity index (χ3n) is 3.36. The molecule has 1 unspecified atom stereocenters. The minimum atomic E-state index is 0.296. The van der Waals surface area contributed by atoms with Crippen molar-refractivity contribution in [2.45, 2.75) is 32.7 Å². The van der Waals surface area contributed by atoms with E-state index in [1.165, 1.54) is 14.7 Å². The molecule has 1 atom stereocenters. The van der Waals surface area contributed by atoms with Crippen molar-refractivity contribution in [2.24, 2.45) is 0 Å². The molecule has 0 aliphatic heterocycles. The standard InChI is InChI=1S/C17H20BrIN2/c1-3-8-20-17(10-14-6-4-12(2)11-21-14)15-9-13(18)5-7-16(15)19/h4-7,9,11,17,20H,3,8,10H2,1-2H3. The van der Waals surface area contributed by atoms with Gasteiger partial charge in [0.05, 0.1) is 0 Å². The summed E-state index contributed by atoms with van der Waals surface area (Å²) in [7, 11) is 0. The van der Waals surface area contributed by atoms with Crippen LogP contribution in [-0.4, -0.2) is 11.5 Å². The first-order valence-corrected chi connectivity index (χ1v) is 9.07. The zero-order chi connectivity index (χ0) is 15.2. The van der Waals surface area contributed by atoms with E-state index >= 15 is 0 Å². The monoisotopic (exact) mass is 458 g/mol. The van der Waals surface area contributed by atoms with Gasteiger partial charge in [0.15, 0.2) is 0 Å². The van der Waals surface area contributed by atoms with Crippen LogP contribution in [0.25, 0.3) is 0 Å². The molecule has 2 aromatic rings. The number of nitrogens with one attached hydrogen (secondary N) is 1. The number of rotatable bonds is 6. The fourth-order valence-corrected chi connectivity index (χ4v) is 3.31. The van der Waals surface area contributed by atoms with E-state index in [1.54, 1.807) is 0 Å². The summed E-state index contributed by atoms with van der Waals surface area (Å²) in [5, 5.41) is 3.65. The summed E-state index contributed by atoms with van der Waals surface area (Å²) in [5.41, 5.74) is 3.67. The second-order valence-electron chi connectivity index (χ2n) is 5.20. The molecule has 21 heavy (non-hydrogen) atoms. The number of nitrogens with zero attached hydrogens (tertiary/aromatic N) is 1. The van der Waals surface area contributed by atoms with Gasteiger partial charge in [-0.05, 0) is 77.9 Å². The van der Waals surface area contributed by atoms with Gasteiger partial charge in [-0.3, -0.25) is 4.98 Å². The molecule has 0 saturated carbocycles. The van der Waals surface area contributed by atoms with Crippen LogP contribution >= 0.6 is 38.5 Å². The maximum Gasteiger partial charge on any atom is 0.0422 e. The molecule has 1 heterocycles. The Morgan fingerprint density at radius 2 is 2.10 bits per heavy atom. The van der Waals surface area contributed by atoms with Crippen LogP contribution in [0.5, 0.6) is 0 Å². The molecule has 4 heteroatoms. The fourth-order valence-electron chi connectivity index (χ4n) is 2.22. The van der Waals surface area contributed by atoms with Crippen molar-refractivity contribution in [2.75, 3.05) is 6.54 Å². The maximum atomic E-state index is 4.55. The van der Waals surface area contributed by atoms with E-state index in [0.717, 1.165) is 29.6 Å². The van der Waals surface area contributed by atoms with E-state index in [1.807, 2.05) is 6.20 Å². The van der Waals surface area contributed by atoms with Gasteiger partial charge in [0.2, 0.25) is 0 Å². The molecule has 2 nitrogen and oxygen atoms in total. The Kier molecular flexibility index (Phi) is 6.64. The van der Waals surface area contributed by atoms with E-state index in [4.69, 9.17) is 0 Å². The third kappa shape index (κ3) is 5.04. The summed E-state index contributed by atoms with van der Waals surface area (Å²) >= 11 is 5.99. The molecule has 1 aromatic carbocycles. The van der Waals surface area contributed by atoms with E-state index in [0.29, 0.717) is 6.04 Å². The smallest absolute Gasteiger partial charge is 0.0422 e. The molecule has 112 valence electrons. The Morgan fingerprint density at radius 1 is 1.29 bits per heavy atom. The zero-order valence-corrected chi connectivity index (χ0v) is 16.1. The van der Waals surface area contributed by atoms with Gasteiger partial charge in [-0.2, -0.15) is 0 Å². The van der Waals surface area contributed by atoms with Crippen LogP contribution in [0.1, 0.15) is 36.2 Å². The summed E-state index contributed by atoms with van der Waals surface area (Å²) in [5.74, 6) is 0. The number of halogens is 2. The lowest BCUT2D eigenvalue weighted by Crippen LogP contribution is -2.25. The molecule has 0 aliphatic carbocycles. The molecule has 0 spiro atoms. The third-order valence-corrected chi connectivity index (χ3v) is 4.84. The van der Waals surface area contributed by atoms with Crippen LogP contribution in [0.3, 0.4) is 0 Å². The quantitative estimate of drug-likeness (QED) is 0.613. The number of hydrogen-bond acceptors (Lipinski definition) is 2. The Labute approximate surface area is 149 Å². The van der Waals surface area contributed by atoms with Crippen LogP contribution in [0, 0.1) is 10.5 Å². The minimum absolute atomic E-state index is 0.296. The minimum Gasteiger partial charge on any atom is -0.310 e. The first-order valence-electron chi connectivity index (χ1n) is 7.20. The summed E-state index contributed by atoms with van der Waals surface area (Å²) in [4.78, 5) is 4.55. The molecular formula is C17H20BrIN2. The van der Waals surface area contributed by atoms with E-state index in [-0.39, 0.29) is 0 Å². The summed E-state index contributed by atoms with van der Waals surface area (Å²) < 4.78 is 2.41. The molecule has 0 fully saturated rings. The summed E-state index contributed by atoms with van der Waals surface area (Å²) in [6.45, 7) is 5.28. The Morgan fingerprint density at radius 3 is 2.76 bits per heavy atom. The molecule has 2 rings (SSSR count). The first-order chi connectivity index (χ1) is 10.1. The largest absolute Gasteiger partial charge is 0.310 e. The molecule has 0 bridgehead atoms. The van der Waals surface area contributed by atoms with Crippen molar-refractivity contribution >= 4 is 38.5 Å². The van der Waals surface area contributed by atoms with Crippen molar-refractivity contribution in [3.63, 3.8) is 0 Å². The second-order valence-corrected chi connectivity index (χ2v) is 7.28. The van der Waals surface area contributed by atoms with Gasteiger partial charge in [0.25, 0.3) is 0 Å². The molecule has 1 N–H and O–H groups in total. The molecular weight excluding hydrogens is 439 g/mol. The normalized spacial score (nSPS) is 12.4. The maximum absolute atomic E-state index is 4.55. The van der Waals surface area contributed by atoms with Gasteiger partial charge in [-0.25, -0.2) is 0 Å². The van der Waals surface area contributed by atoms with Gasteiger partial charge in [-0.15, -0.1) is 0 Å². The van der Waals surface area contributed by atoms with E-state index in [2.05, 4.69) is 93.0 Å². The molecule has 0 saturated heterocycles. The highest BCUT2D eigenvalue weighted by Gasteiger charge is 2.15. The topological polar surface area (TPSA) is 24.9 Å². The number of benzene rings is 1. The number of pyridine rings is 1. The second kappa shape index (κ2) is 8.25. The van der Waals surface area contributed by atoms with Crippen LogP contribution in [0.4, 0.5) is 0 Å². The van der Waals surface area contributed by atoms with Crippen molar-refractivity contribution in [3.8, 4) is 0 Å². The van der Waals surface area contributed by atoms with Crippen LogP contribution in [0.2, 0.25) is 0 Å². The van der Waals surface area contributed by atoms with Crippen molar-refractivity contribution in [1.82, 2.24) is 10.3 Å². The lowest BCUT2D eigenvalue weighted by Gasteiger charge is -2.20. The van der Waals surface area contributed by atoms with Gasteiger partial charge >= 0.3 is 0 Å². The predicted octanol–water partition coefficient (Wildman–Crippen LogP) is 5.04. The van der Waals surface area contributed by atoms with Gasteiger partial charge < -0.3 is 5.32 Å². The van der Waals surface area contributed by atoms with Crippen molar-refractivity contribution in [3.05, 3.63) is 61.4 Å². The molecule has 1 aromatic heterocycles. The highest BCUT2D eigenvalue weighted by atomic mass is 127. The Balaban J connectivity index is 2.25. The average Bonchev–Trinajstić information content (AvgIpc) is 2.48. The lowest BCUT2D eigenvalue weighted by molar-refractivity contribution is 0.522. The van der Waals surface area contributed by atoms with Crippen LogP contribution in [0.15, 0.2) is 41.0 Å². The van der Waals surface area contributed by atoms with E-state index in [9.17, 15) is 0 Å². The zero-order valence-electron chi connectivity index (χ0n) is 12.4. The van der Waals surface area contributed by atoms with Gasteiger partial charge in [0, 0.05) is 32.4 Å². The molecule has 0 radical (unpaired) electrons.